The molecular formula is C20H30O2. The lowest BCUT2D eigenvalue weighted by Gasteiger charge is -2.58. The van der Waals surface area contributed by atoms with E-state index in [9.17, 15) is 9.90 Å². The van der Waals surface area contributed by atoms with E-state index >= 15 is 0 Å². The monoisotopic (exact) mass is 302 g/mol. The Morgan fingerprint density at radius 3 is 2.68 bits per heavy atom. The summed E-state index contributed by atoms with van der Waals surface area (Å²) < 4.78 is 0. The molecule has 2 nitrogen and oxygen atoms in total. The fourth-order valence-corrected chi connectivity index (χ4v) is 5.86. The molecule has 0 aromatic rings. The van der Waals surface area contributed by atoms with Gasteiger partial charge >= 0.3 is 5.97 Å². The molecule has 0 aromatic heterocycles. The van der Waals surface area contributed by atoms with Crippen molar-refractivity contribution in [3.63, 3.8) is 0 Å². The second-order valence-electron chi connectivity index (χ2n) is 8.78. The average Bonchev–Trinajstić information content (AvgIpc) is 2.46. The van der Waals surface area contributed by atoms with Crippen molar-refractivity contribution in [1.29, 1.82) is 0 Å². The highest BCUT2D eigenvalue weighted by molar-refractivity contribution is 5.75. The van der Waals surface area contributed by atoms with Crippen LogP contribution < -0.4 is 0 Å². The summed E-state index contributed by atoms with van der Waals surface area (Å²) in [6.45, 7) is 10.7. The fraction of sp³-hybridized carbons (Fsp3) is 0.750. The summed E-state index contributed by atoms with van der Waals surface area (Å²) in [7, 11) is 0. The van der Waals surface area contributed by atoms with Crippen LogP contribution in [0, 0.1) is 28.1 Å². The van der Waals surface area contributed by atoms with Crippen molar-refractivity contribution < 1.29 is 9.90 Å². The minimum absolute atomic E-state index is 0.165. The lowest BCUT2D eigenvalue weighted by Crippen LogP contribution is -2.53. The van der Waals surface area contributed by atoms with Crippen molar-refractivity contribution in [1.82, 2.24) is 0 Å². The third kappa shape index (κ3) is 2.10. The summed E-state index contributed by atoms with van der Waals surface area (Å²) in [5, 5.41) is 9.83. The first kappa shape index (κ1) is 15.8. The lowest BCUT2D eigenvalue weighted by atomic mass is 9.45. The molecule has 0 spiro atoms. The minimum atomic E-state index is -0.591. The second-order valence-corrected chi connectivity index (χ2v) is 8.78. The van der Waals surface area contributed by atoms with Crippen molar-refractivity contribution in [2.45, 2.75) is 65.7 Å². The Bertz CT molecular complexity index is 534. The predicted molar refractivity (Wildman–Crippen MR) is 89.5 cm³/mol. The number of hydrogen-bond acceptors (Lipinski definition) is 1. The number of aliphatic carboxylic acids is 1. The minimum Gasteiger partial charge on any atom is -0.481 e. The van der Waals surface area contributed by atoms with Gasteiger partial charge in [0.05, 0.1) is 5.41 Å². The maximum absolute atomic E-state index is 11.9. The smallest absolute Gasteiger partial charge is 0.309 e. The van der Waals surface area contributed by atoms with E-state index in [1.807, 2.05) is 6.92 Å². The Labute approximate surface area is 134 Å². The first-order chi connectivity index (χ1) is 10.3. The number of allylic oxidation sites excluding steroid dienone is 3. The van der Waals surface area contributed by atoms with E-state index in [2.05, 4.69) is 32.6 Å². The first-order valence-electron chi connectivity index (χ1n) is 8.81. The molecule has 2 saturated carbocycles. The molecular weight excluding hydrogens is 272 g/mol. The molecule has 0 unspecified atom stereocenters. The third-order valence-electron chi connectivity index (χ3n) is 7.43. The van der Waals surface area contributed by atoms with Gasteiger partial charge in [0.25, 0.3) is 0 Å². The average molecular weight is 302 g/mol. The molecule has 0 aromatic carbocycles. The highest BCUT2D eigenvalue weighted by atomic mass is 16.4. The van der Waals surface area contributed by atoms with Crippen molar-refractivity contribution in [2.75, 3.05) is 0 Å². The zero-order valence-corrected chi connectivity index (χ0v) is 14.3. The number of carboxylic acid groups (broad SMARTS) is 1. The van der Waals surface area contributed by atoms with Gasteiger partial charge in [-0.3, -0.25) is 4.79 Å². The van der Waals surface area contributed by atoms with E-state index in [0.717, 1.165) is 25.7 Å². The number of rotatable bonds is 2. The SMILES string of the molecule is C=C[C@]1(C)CC[C@@H]2C(=CC[C@H]3[C@]2(C)CCC[C@@]3(C)C(=O)O)C1. The van der Waals surface area contributed by atoms with Gasteiger partial charge in [-0.1, -0.05) is 38.0 Å². The van der Waals surface area contributed by atoms with Gasteiger partial charge in [-0.15, -0.1) is 6.58 Å². The Morgan fingerprint density at radius 2 is 2.05 bits per heavy atom. The Balaban J connectivity index is 1.98. The van der Waals surface area contributed by atoms with Gasteiger partial charge in [-0.25, -0.2) is 0 Å². The molecule has 2 fully saturated rings. The molecule has 5 atom stereocenters. The van der Waals surface area contributed by atoms with Gasteiger partial charge in [0.1, 0.15) is 0 Å². The van der Waals surface area contributed by atoms with E-state index in [1.165, 1.54) is 19.3 Å². The van der Waals surface area contributed by atoms with Crippen molar-refractivity contribution in [3.05, 3.63) is 24.3 Å². The van der Waals surface area contributed by atoms with E-state index in [1.54, 1.807) is 5.57 Å². The summed E-state index contributed by atoms with van der Waals surface area (Å²) in [5.74, 6) is 0.276. The van der Waals surface area contributed by atoms with Gasteiger partial charge in [0, 0.05) is 0 Å². The second kappa shape index (κ2) is 4.97. The summed E-state index contributed by atoms with van der Waals surface area (Å²) in [4.78, 5) is 11.9. The molecule has 0 saturated heterocycles. The van der Waals surface area contributed by atoms with Gasteiger partial charge in [-0.05, 0) is 68.1 Å². The largest absolute Gasteiger partial charge is 0.481 e. The van der Waals surface area contributed by atoms with Crippen LogP contribution in [0.15, 0.2) is 24.3 Å². The standard InChI is InChI=1S/C20H30O2/c1-5-18(2)12-9-15-14(13-18)7-8-16-19(15,3)10-6-11-20(16,4)17(21)22/h5,7,15-16H,1,6,8-13H2,2-4H3,(H,21,22)/t15-,16+,18-,19-,20-/m1/s1. The summed E-state index contributed by atoms with van der Waals surface area (Å²) in [6, 6.07) is 0. The van der Waals surface area contributed by atoms with Gasteiger partial charge in [0.2, 0.25) is 0 Å². The van der Waals surface area contributed by atoms with E-state index < -0.39 is 11.4 Å². The van der Waals surface area contributed by atoms with E-state index in [0.29, 0.717) is 5.92 Å². The van der Waals surface area contributed by atoms with Crippen LogP contribution in [0.3, 0.4) is 0 Å². The summed E-state index contributed by atoms with van der Waals surface area (Å²) >= 11 is 0. The quantitative estimate of drug-likeness (QED) is 0.711. The molecule has 3 aliphatic carbocycles. The molecule has 2 heteroatoms. The van der Waals surface area contributed by atoms with Crippen LogP contribution in [0.5, 0.6) is 0 Å². The van der Waals surface area contributed by atoms with Crippen LogP contribution in [-0.2, 0) is 4.79 Å². The highest BCUT2D eigenvalue weighted by Crippen LogP contribution is 2.63. The molecule has 0 bridgehead atoms. The molecule has 3 rings (SSSR count). The van der Waals surface area contributed by atoms with E-state index in [-0.39, 0.29) is 16.7 Å². The number of carboxylic acids is 1. The number of carbonyl (C=O) groups is 1. The topological polar surface area (TPSA) is 37.3 Å². The molecule has 1 N–H and O–H groups in total. The highest BCUT2D eigenvalue weighted by Gasteiger charge is 2.58. The van der Waals surface area contributed by atoms with Crippen LogP contribution in [0.4, 0.5) is 0 Å². The Hall–Kier alpha value is -1.05. The fourth-order valence-electron chi connectivity index (χ4n) is 5.86. The zero-order valence-electron chi connectivity index (χ0n) is 14.3. The Kier molecular flexibility index (Phi) is 3.58. The summed E-state index contributed by atoms with van der Waals surface area (Å²) in [5.41, 5.74) is 1.43. The Morgan fingerprint density at radius 1 is 1.32 bits per heavy atom. The maximum atomic E-state index is 11.9. The van der Waals surface area contributed by atoms with Gasteiger partial charge in [-0.2, -0.15) is 0 Å². The van der Waals surface area contributed by atoms with Gasteiger partial charge in [0.15, 0.2) is 0 Å². The molecule has 22 heavy (non-hydrogen) atoms. The molecule has 0 radical (unpaired) electrons. The molecule has 0 amide bonds. The van der Waals surface area contributed by atoms with Crippen molar-refractivity contribution in [2.24, 2.45) is 28.1 Å². The van der Waals surface area contributed by atoms with E-state index in [4.69, 9.17) is 0 Å². The molecule has 122 valence electrons. The predicted octanol–water partition coefficient (Wildman–Crippen LogP) is 5.21. The third-order valence-corrected chi connectivity index (χ3v) is 7.43. The van der Waals surface area contributed by atoms with Crippen LogP contribution >= 0.6 is 0 Å². The van der Waals surface area contributed by atoms with Gasteiger partial charge < -0.3 is 5.11 Å². The zero-order chi connectivity index (χ0) is 16.2. The molecule has 0 heterocycles. The van der Waals surface area contributed by atoms with Crippen molar-refractivity contribution in [3.8, 4) is 0 Å². The summed E-state index contributed by atoms with van der Waals surface area (Å²) in [6.07, 6.45) is 12.0. The molecule has 3 aliphatic rings. The number of hydrogen-bond donors (Lipinski definition) is 1. The first-order valence-corrected chi connectivity index (χ1v) is 8.81. The normalized spacial score (nSPS) is 47.9. The lowest BCUT2D eigenvalue weighted by molar-refractivity contribution is -0.163. The maximum Gasteiger partial charge on any atom is 0.309 e. The van der Waals surface area contributed by atoms with Crippen LogP contribution in [0.2, 0.25) is 0 Å². The van der Waals surface area contributed by atoms with Crippen molar-refractivity contribution >= 4 is 5.97 Å². The van der Waals surface area contributed by atoms with Crippen LogP contribution in [-0.4, -0.2) is 11.1 Å². The van der Waals surface area contributed by atoms with Crippen LogP contribution in [0.25, 0.3) is 0 Å². The molecule has 0 aliphatic heterocycles. The van der Waals surface area contributed by atoms with Crippen LogP contribution in [0.1, 0.15) is 65.7 Å². The number of fused-ring (bicyclic) bond motifs is 3.